The number of amides is 1. The highest BCUT2D eigenvalue weighted by Gasteiger charge is 2.13. The Bertz CT molecular complexity index is 833. The van der Waals surface area contributed by atoms with Crippen LogP contribution in [0.15, 0.2) is 53.4 Å². The Kier molecular flexibility index (Phi) is 7.17. The quantitative estimate of drug-likeness (QED) is 0.659. The van der Waals surface area contributed by atoms with Gasteiger partial charge < -0.3 is 10.1 Å². The van der Waals surface area contributed by atoms with Gasteiger partial charge in [0.25, 0.3) is 5.91 Å². The highest BCUT2D eigenvalue weighted by Crippen LogP contribution is 2.12. The van der Waals surface area contributed by atoms with Crippen molar-refractivity contribution in [3.63, 3.8) is 0 Å². The van der Waals surface area contributed by atoms with Crippen molar-refractivity contribution >= 4 is 15.9 Å². The van der Waals surface area contributed by atoms with Crippen molar-refractivity contribution in [3.8, 4) is 5.75 Å². The molecule has 2 rings (SSSR count). The molecule has 0 radical (unpaired) electrons. The Morgan fingerprint density at radius 1 is 1.12 bits per heavy atom. The van der Waals surface area contributed by atoms with E-state index >= 15 is 0 Å². The van der Waals surface area contributed by atoms with Gasteiger partial charge in [0.1, 0.15) is 5.75 Å². The van der Waals surface area contributed by atoms with E-state index in [1.165, 1.54) is 24.3 Å². The number of aryl methyl sites for hydroxylation is 1. The molecule has 0 heterocycles. The van der Waals surface area contributed by atoms with Crippen molar-refractivity contribution in [1.82, 2.24) is 10.0 Å². The van der Waals surface area contributed by atoms with Gasteiger partial charge in [0.2, 0.25) is 10.0 Å². The normalized spacial score (nSPS) is 11.2. The van der Waals surface area contributed by atoms with Crippen molar-refractivity contribution in [2.75, 3.05) is 19.7 Å². The van der Waals surface area contributed by atoms with Crippen LogP contribution in [0, 0.1) is 6.92 Å². The maximum Gasteiger partial charge on any atom is 0.251 e. The number of nitrogens with one attached hydrogen (secondary N) is 2. The van der Waals surface area contributed by atoms with E-state index in [0.29, 0.717) is 31.7 Å². The maximum absolute atomic E-state index is 12.1. The Morgan fingerprint density at radius 3 is 2.50 bits per heavy atom. The molecule has 140 valence electrons. The molecule has 26 heavy (non-hydrogen) atoms. The fraction of sp³-hybridized carbons (Fsp3) is 0.316. The molecule has 2 aromatic rings. The molecule has 0 saturated carbocycles. The third-order valence-corrected chi connectivity index (χ3v) is 5.19. The van der Waals surface area contributed by atoms with Crippen LogP contribution in [-0.2, 0) is 10.0 Å². The van der Waals surface area contributed by atoms with Crippen LogP contribution < -0.4 is 14.8 Å². The van der Waals surface area contributed by atoms with E-state index in [2.05, 4.69) is 10.0 Å². The van der Waals surface area contributed by atoms with Gasteiger partial charge >= 0.3 is 0 Å². The first-order chi connectivity index (χ1) is 12.4. The Labute approximate surface area is 154 Å². The van der Waals surface area contributed by atoms with Crippen LogP contribution in [0.1, 0.15) is 29.3 Å². The Morgan fingerprint density at radius 2 is 1.85 bits per heavy atom. The van der Waals surface area contributed by atoms with Gasteiger partial charge in [0, 0.05) is 18.7 Å². The molecule has 0 aliphatic heterocycles. The molecule has 6 nitrogen and oxygen atoms in total. The van der Waals surface area contributed by atoms with Crippen LogP contribution in [0.4, 0.5) is 0 Å². The first-order valence-corrected chi connectivity index (χ1v) is 9.98. The Balaban J connectivity index is 1.77. The molecule has 0 unspecified atom stereocenters. The zero-order chi connectivity index (χ0) is 19.0. The monoisotopic (exact) mass is 376 g/mol. The van der Waals surface area contributed by atoms with Crippen molar-refractivity contribution in [2.45, 2.75) is 25.2 Å². The second-order valence-corrected chi connectivity index (χ2v) is 7.57. The van der Waals surface area contributed by atoms with Crippen LogP contribution in [0.2, 0.25) is 0 Å². The number of hydrogen-bond acceptors (Lipinski definition) is 4. The van der Waals surface area contributed by atoms with Gasteiger partial charge in [-0.2, -0.15) is 0 Å². The lowest BCUT2D eigenvalue weighted by molar-refractivity contribution is 0.0951. The van der Waals surface area contributed by atoms with E-state index in [4.69, 9.17) is 4.74 Å². The van der Waals surface area contributed by atoms with E-state index in [9.17, 15) is 13.2 Å². The lowest BCUT2D eigenvalue weighted by Gasteiger charge is -2.09. The molecular weight excluding hydrogens is 352 g/mol. The minimum atomic E-state index is -3.50. The smallest absolute Gasteiger partial charge is 0.251 e. The summed E-state index contributed by atoms with van der Waals surface area (Å²) in [5.74, 6) is 0.571. The highest BCUT2D eigenvalue weighted by molar-refractivity contribution is 7.89. The molecule has 0 atom stereocenters. The largest absolute Gasteiger partial charge is 0.494 e. The van der Waals surface area contributed by atoms with Crippen LogP contribution in [0.3, 0.4) is 0 Å². The first-order valence-electron chi connectivity index (χ1n) is 8.50. The van der Waals surface area contributed by atoms with Crippen molar-refractivity contribution in [3.05, 3.63) is 59.7 Å². The molecule has 2 aromatic carbocycles. The van der Waals surface area contributed by atoms with E-state index < -0.39 is 10.0 Å². The SMILES string of the molecule is CCNS(=O)(=O)c1ccc(C(=O)NCCCOc2cccc(C)c2)cc1. The number of sulfonamides is 1. The molecule has 0 aromatic heterocycles. The average molecular weight is 376 g/mol. The zero-order valence-electron chi connectivity index (χ0n) is 15.0. The zero-order valence-corrected chi connectivity index (χ0v) is 15.8. The van der Waals surface area contributed by atoms with Gasteiger partial charge in [-0.05, 0) is 55.3 Å². The summed E-state index contributed by atoms with van der Waals surface area (Å²) in [6, 6.07) is 13.7. The molecule has 0 aliphatic carbocycles. The molecular formula is C19H24N2O4S. The van der Waals surface area contributed by atoms with Gasteiger partial charge in [-0.3, -0.25) is 4.79 Å². The molecule has 0 bridgehead atoms. The summed E-state index contributed by atoms with van der Waals surface area (Å²) in [7, 11) is -3.50. The second kappa shape index (κ2) is 9.35. The fourth-order valence-electron chi connectivity index (χ4n) is 2.33. The number of carbonyl (C=O) groups is 1. The van der Waals surface area contributed by atoms with Gasteiger partial charge in [0.05, 0.1) is 11.5 Å². The Hall–Kier alpha value is -2.38. The topological polar surface area (TPSA) is 84.5 Å². The highest BCUT2D eigenvalue weighted by atomic mass is 32.2. The van der Waals surface area contributed by atoms with Gasteiger partial charge in [-0.1, -0.05) is 19.1 Å². The number of carbonyl (C=O) groups excluding carboxylic acids is 1. The average Bonchev–Trinajstić information content (AvgIpc) is 2.61. The first kappa shape index (κ1) is 19.9. The van der Waals surface area contributed by atoms with Crippen molar-refractivity contribution < 1.29 is 17.9 Å². The van der Waals surface area contributed by atoms with Crippen LogP contribution in [0.25, 0.3) is 0 Å². The van der Waals surface area contributed by atoms with E-state index in [1.54, 1.807) is 6.92 Å². The van der Waals surface area contributed by atoms with E-state index in [1.807, 2.05) is 31.2 Å². The van der Waals surface area contributed by atoms with Crippen molar-refractivity contribution in [2.24, 2.45) is 0 Å². The minimum absolute atomic E-state index is 0.141. The summed E-state index contributed by atoms with van der Waals surface area (Å²) in [5, 5.41) is 2.80. The second-order valence-electron chi connectivity index (χ2n) is 5.80. The maximum atomic E-state index is 12.1. The van der Waals surface area contributed by atoms with E-state index in [0.717, 1.165) is 11.3 Å². The summed E-state index contributed by atoms with van der Waals surface area (Å²) in [5.41, 5.74) is 1.55. The fourth-order valence-corrected chi connectivity index (χ4v) is 3.37. The minimum Gasteiger partial charge on any atom is -0.494 e. The molecule has 0 fully saturated rings. The predicted molar refractivity (Wildman–Crippen MR) is 101 cm³/mol. The van der Waals surface area contributed by atoms with Crippen LogP contribution in [0.5, 0.6) is 5.75 Å². The number of rotatable bonds is 9. The van der Waals surface area contributed by atoms with Gasteiger partial charge in [-0.15, -0.1) is 0 Å². The lowest BCUT2D eigenvalue weighted by atomic mass is 10.2. The van der Waals surface area contributed by atoms with E-state index in [-0.39, 0.29) is 10.8 Å². The molecule has 0 aliphatic rings. The third kappa shape index (κ3) is 5.86. The summed E-state index contributed by atoms with van der Waals surface area (Å²) in [4.78, 5) is 12.2. The summed E-state index contributed by atoms with van der Waals surface area (Å²) < 4.78 is 31.8. The summed E-state index contributed by atoms with van der Waals surface area (Å²) >= 11 is 0. The molecule has 7 heteroatoms. The van der Waals surface area contributed by atoms with Crippen LogP contribution >= 0.6 is 0 Å². The lowest BCUT2D eigenvalue weighted by Crippen LogP contribution is -2.26. The number of benzene rings is 2. The van der Waals surface area contributed by atoms with Gasteiger partial charge in [0.15, 0.2) is 0 Å². The van der Waals surface area contributed by atoms with Gasteiger partial charge in [-0.25, -0.2) is 13.1 Å². The molecule has 2 N–H and O–H groups in total. The summed E-state index contributed by atoms with van der Waals surface area (Å²) in [6.07, 6.45) is 0.673. The number of ether oxygens (including phenoxy) is 1. The standard InChI is InChI=1S/C19H24N2O4S/c1-3-21-26(23,24)18-10-8-16(9-11-18)19(22)20-12-5-13-25-17-7-4-6-15(2)14-17/h4,6-11,14,21H,3,5,12-13H2,1-2H3,(H,20,22). The number of hydrogen-bond donors (Lipinski definition) is 2. The third-order valence-electron chi connectivity index (χ3n) is 3.63. The molecule has 0 saturated heterocycles. The van der Waals surface area contributed by atoms with Crippen LogP contribution in [-0.4, -0.2) is 34.0 Å². The summed E-state index contributed by atoms with van der Waals surface area (Å²) in [6.45, 7) is 5.00. The molecule has 0 spiro atoms. The predicted octanol–water partition coefficient (Wildman–Crippen LogP) is 2.49. The molecule has 1 amide bonds. The van der Waals surface area contributed by atoms with Crippen molar-refractivity contribution in [1.29, 1.82) is 0 Å².